The quantitative estimate of drug-likeness (QED) is 0.816. The third-order valence-corrected chi connectivity index (χ3v) is 4.01. The molecule has 2 N–H and O–H groups in total. The number of ether oxygens (including phenoxy) is 1. The molecule has 2 heterocycles. The van der Waals surface area contributed by atoms with Gasteiger partial charge < -0.3 is 15.4 Å². The zero-order chi connectivity index (χ0) is 16.8. The Labute approximate surface area is 141 Å². The molecule has 2 aromatic rings. The highest BCUT2D eigenvalue weighted by atomic mass is 19.1. The maximum Gasteiger partial charge on any atom is 0.131 e. The van der Waals surface area contributed by atoms with E-state index in [1.165, 1.54) is 12.1 Å². The first-order chi connectivity index (χ1) is 11.7. The molecule has 24 heavy (non-hydrogen) atoms. The monoisotopic (exact) mass is 330 g/mol. The Bertz CT molecular complexity index is 657. The molecular weight excluding hydrogens is 307 g/mol. The lowest BCUT2D eigenvalue weighted by Crippen LogP contribution is -2.19. The van der Waals surface area contributed by atoms with Crippen molar-refractivity contribution in [2.24, 2.45) is 0 Å². The molecular formula is C18H23FN4O. The third-order valence-electron chi connectivity index (χ3n) is 4.01. The molecule has 0 spiro atoms. The van der Waals surface area contributed by atoms with Gasteiger partial charge in [-0.3, -0.25) is 0 Å². The zero-order valence-corrected chi connectivity index (χ0v) is 13.9. The number of benzene rings is 1. The average Bonchev–Trinajstić information content (AvgIpc) is 3.08. The van der Waals surface area contributed by atoms with Gasteiger partial charge in [-0.15, -0.1) is 0 Å². The lowest BCUT2D eigenvalue weighted by atomic mass is 10.1. The first-order valence-electron chi connectivity index (χ1n) is 8.38. The molecule has 6 heteroatoms. The first-order valence-corrected chi connectivity index (χ1v) is 8.38. The summed E-state index contributed by atoms with van der Waals surface area (Å²) in [7, 11) is 0. The molecule has 0 saturated carbocycles. The van der Waals surface area contributed by atoms with Gasteiger partial charge in [0.15, 0.2) is 0 Å². The highest BCUT2D eigenvalue weighted by Crippen LogP contribution is 2.15. The van der Waals surface area contributed by atoms with Gasteiger partial charge in [0.05, 0.1) is 6.10 Å². The molecule has 5 nitrogen and oxygen atoms in total. The standard InChI is InChI=1S/C18H23FN4O/c1-13-22-17(20-9-8-14-4-6-15(19)7-5-14)11-18(23-13)21-12-16-3-2-10-24-16/h4-7,11,16H,2-3,8-10,12H2,1H3,(H2,20,21,22,23). The normalized spacial score (nSPS) is 17.0. The van der Waals surface area contributed by atoms with Crippen molar-refractivity contribution >= 4 is 11.6 Å². The number of hydrogen-bond donors (Lipinski definition) is 2. The van der Waals surface area contributed by atoms with Crippen LogP contribution in [-0.2, 0) is 11.2 Å². The Kier molecular flexibility index (Phi) is 5.59. The van der Waals surface area contributed by atoms with Crippen molar-refractivity contribution in [3.63, 3.8) is 0 Å². The summed E-state index contributed by atoms with van der Waals surface area (Å²) in [6.07, 6.45) is 3.31. The molecule has 1 aliphatic rings. The van der Waals surface area contributed by atoms with E-state index < -0.39 is 0 Å². The molecule has 1 aromatic carbocycles. The molecule has 1 atom stereocenters. The molecule has 0 amide bonds. The van der Waals surface area contributed by atoms with Gasteiger partial charge in [-0.2, -0.15) is 0 Å². The van der Waals surface area contributed by atoms with E-state index in [1.807, 2.05) is 13.0 Å². The van der Waals surface area contributed by atoms with Crippen LogP contribution in [0.5, 0.6) is 0 Å². The predicted octanol–water partition coefficient (Wildman–Crippen LogP) is 3.17. The average molecular weight is 330 g/mol. The lowest BCUT2D eigenvalue weighted by Gasteiger charge is -2.13. The number of hydrogen-bond acceptors (Lipinski definition) is 5. The van der Waals surface area contributed by atoms with E-state index in [9.17, 15) is 4.39 Å². The fraction of sp³-hybridized carbons (Fsp3) is 0.444. The summed E-state index contributed by atoms with van der Waals surface area (Å²) in [6.45, 7) is 4.23. The van der Waals surface area contributed by atoms with Gasteiger partial charge in [-0.05, 0) is 43.9 Å². The van der Waals surface area contributed by atoms with E-state index in [-0.39, 0.29) is 11.9 Å². The third kappa shape index (κ3) is 4.89. The molecule has 0 aliphatic carbocycles. The minimum atomic E-state index is -0.208. The van der Waals surface area contributed by atoms with Crippen molar-refractivity contribution < 1.29 is 9.13 Å². The molecule has 1 fully saturated rings. The van der Waals surface area contributed by atoms with Gasteiger partial charge in [0.1, 0.15) is 23.3 Å². The largest absolute Gasteiger partial charge is 0.376 e. The molecule has 0 radical (unpaired) electrons. The molecule has 1 unspecified atom stereocenters. The van der Waals surface area contributed by atoms with E-state index in [4.69, 9.17) is 4.74 Å². The number of nitrogens with zero attached hydrogens (tertiary/aromatic N) is 2. The number of halogens is 1. The van der Waals surface area contributed by atoms with E-state index in [2.05, 4.69) is 20.6 Å². The van der Waals surface area contributed by atoms with Gasteiger partial charge >= 0.3 is 0 Å². The second-order valence-electron chi connectivity index (χ2n) is 6.00. The Morgan fingerprint density at radius 2 is 1.92 bits per heavy atom. The Morgan fingerprint density at radius 1 is 1.17 bits per heavy atom. The minimum absolute atomic E-state index is 0.208. The van der Waals surface area contributed by atoms with E-state index in [1.54, 1.807) is 12.1 Å². The second kappa shape index (κ2) is 8.06. The SMILES string of the molecule is Cc1nc(NCCc2ccc(F)cc2)cc(NCC2CCCO2)n1. The van der Waals surface area contributed by atoms with Crippen molar-refractivity contribution in [2.75, 3.05) is 30.3 Å². The Morgan fingerprint density at radius 3 is 2.62 bits per heavy atom. The van der Waals surface area contributed by atoms with Crippen LogP contribution in [0.3, 0.4) is 0 Å². The van der Waals surface area contributed by atoms with Gasteiger partial charge in [0.2, 0.25) is 0 Å². The van der Waals surface area contributed by atoms with Gasteiger partial charge in [-0.25, -0.2) is 14.4 Å². The van der Waals surface area contributed by atoms with Crippen LogP contribution < -0.4 is 10.6 Å². The summed E-state index contributed by atoms with van der Waals surface area (Å²) in [5.41, 5.74) is 1.09. The van der Waals surface area contributed by atoms with Gasteiger partial charge in [0, 0.05) is 25.8 Å². The van der Waals surface area contributed by atoms with Crippen molar-refractivity contribution in [1.29, 1.82) is 0 Å². The predicted molar refractivity (Wildman–Crippen MR) is 92.8 cm³/mol. The van der Waals surface area contributed by atoms with Crippen molar-refractivity contribution in [3.05, 3.63) is 47.5 Å². The Hall–Kier alpha value is -2.21. The molecule has 128 valence electrons. The van der Waals surface area contributed by atoms with E-state index in [0.717, 1.165) is 62.0 Å². The summed E-state index contributed by atoms with van der Waals surface area (Å²) in [4.78, 5) is 8.82. The van der Waals surface area contributed by atoms with Gasteiger partial charge in [-0.1, -0.05) is 12.1 Å². The number of aromatic nitrogens is 2. The summed E-state index contributed by atoms with van der Waals surface area (Å²) in [5.74, 6) is 2.11. The van der Waals surface area contributed by atoms with Gasteiger partial charge in [0.25, 0.3) is 0 Å². The van der Waals surface area contributed by atoms with Crippen LogP contribution >= 0.6 is 0 Å². The maximum absolute atomic E-state index is 12.9. The lowest BCUT2D eigenvalue weighted by molar-refractivity contribution is 0.120. The van der Waals surface area contributed by atoms with Crippen LogP contribution in [0.1, 0.15) is 24.2 Å². The van der Waals surface area contributed by atoms with Crippen molar-refractivity contribution in [1.82, 2.24) is 9.97 Å². The van der Waals surface area contributed by atoms with Crippen LogP contribution in [0.15, 0.2) is 30.3 Å². The number of anilines is 2. The van der Waals surface area contributed by atoms with Crippen molar-refractivity contribution in [2.45, 2.75) is 32.3 Å². The molecule has 1 aliphatic heterocycles. The minimum Gasteiger partial charge on any atom is -0.376 e. The van der Waals surface area contributed by atoms with Crippen LogP contribution in [0.25, 0.3) is 0 Å². The number of rotatable bonds is 7. The zero-order valence-electron chi connectivity index (χ0n) is 13.9. The van der Waals surface area contributed by atoms with E-state index in [0.29, 0.717) is 0 Å². The molecule has 1 aromatic heterocycles. The van der Waals surface area contributed by atoms with Crippen LogP contribution in [0.4, 0.5) is 16.0 Å². The highest BCUT2D eigenvalue weighted by molar-refractivity contribution is 5.47. The number of aryl methyl sites for hydroxylation is 1. The summed E-state index contributed by atoms with van der Waals surface area (Å²) < 4.78 is 18.5. The fourth-order valence-electron chi connectivity index (χ4n) is 2.76. The molecule has 1 saturated heterocycles. The summed E-state index contributed by atoms with van der Waals surface area (Å²) in [6, 6.07) is 8.48. The van der Waals surface area contributed by atoms with Crippen molar-refractivity contribution in [3.8, 4) is 0 Å². The highest BCUT2D eigenvalue weighted by Gasteiger charge is 2.15. The Balaban J connectivity index is 1.51. The fourth-order valence-corrected chi connectivity index (χ4v) is 2.76. The molecule has 0 bridgehead atoms. The summed E-state index contributed by atoms with van der Waals surface area (Å²) >= 11 is 0. The second-order valence-corrected chi connectivity index (χ2v) is 6.00. The molecule has 3 rings (SSSR count). The first kappa shape index (κ1) is 16.6. The van der Waals surface area contributed by atoms with Crippen LogP contribution in [0, 0.1) is 12.7 Å². The topological polar surface area (TPSA) is 59.1 Å². The smallest absolute Gasteiger partial charge is 0.131 e. The van der Waals surface area contributed by atoms with E-state index >= 15 is 0 Å². The van der Waals surface area contributed by atoms with Crippen LogP contribution in [-0.4, -0.2) is 35.8 Å². The summed E-state index contributed by atoms with van der Waals surface area (Å²) in [5, 5.41) is 6.63. The maximum atomic E-state index is 12.9. The van der Waals surface area contributed by atoms with Crippen LogP contribution in [0.2, 0.25) is 0 Å². The number of nitrogens with one attached hydrogen (secondary N) is 2.